The highest BCUT2D eigenvalue weighted by molar-refractivity contribution is 6.05. The lowest BCUT2D eigenvalue weighted by atomic mass is 9.79. The van der Waals surface area contributed by atoms with Gasteiger partial charge in [0.25, 0.3) is 5.69 Å². The fourth-order valence-corrected chi connectivity index (χ4v) is 5.99. The molecule has 0 aliphatic heterocycles. The summed E-state index contributed by atoms with van der Waals surface area (Å²) in [6, 6.07) is 24.9. The van der Waals surface area contributed by atoms with Crippen molar-refractivity contribution in [1.82, 2.24) is 0 Å². The molecule has 1 unspecified atom stereocenters. The monoisotopic (exact) mass is 419 g/mol. The first-order chi connectivity index (χ1) is 15.7. The highest BCUT2D eigenvalue weighted by Gasteiger charge is 2.35. The number of non-ortho nitro benzene ring substituents is 1. The summed E-state index contributed by atoms with van der Waals surface area (Å²) in [5.74, 6) is 0.125. The molecule has 2 aliphatic rings. The second-order valence-electron chi connectivity index (χ2n) is 9.07. The summed E-state index contributed by atoms with van der Waals surface area (Å²) in [7, 11) is 0. The molecule has 0 aromatic heterocycles. The molecule has 158 valence electrons. The summed E-state index contributed by atoms with van der Waals surface area (Å²) >= 11 is 0. The molecule has 0 spiro atoms. The minimum absolute atomic E-state index is 0.125. The fraction of sp³-hybridized carbons (Fsp3) is 0.241. The van der Waals surface area contributed by atoms with Gasteiger partial charge in [-0.05, 0) is 75.4 Å². The van der Waals surface area contributed by atoms with Gasteiger partial charge in [-0.1, -0.05) is 73.5 Å². The van der Waals surface area contributed by atoms with Crippen LogP contribution in [0.1, 0.15) is 59.4 Å². The van der Waals surface area contributed by atoms with Crippen LogP contribution in [0.3, 0.4) is 0 Å². The standard InChI is InChI=1S/C29H25NO2/c31-30(32)20-17-15-19(16-18-20)27-25-13-7-8-14-26(25)28-23-12-6-5-10-21(23)22-9-3-1-2-4-11-24(22)29(27)28/h5-8,10,12-18,27H,1-4,9,11H2. The fourth-order valence-electron chi connectivity index (χ4n) is 5.99. The third-order valence-electron chi connectivity index (χ3n) is 7.35. The van der Waals surface area contributed by atoms with Gasteiger partial charge in [0.05, 0.1) is 4.92 Å². The van der Waals surface area contributed by atoms with Gasteiger partial charge in [0.1, 0.15) is 0 Å². The van der Waals surface area contributed by atoms with E-state index in [1.54, 1.807) is 12.1 Å². The molecule has 4 aromatic rings. The van der Waals surface area contributed by atoms with Gasteiger partial charge in [-0.2, -0.15) is 0 Å². The topological polar surface area (TPSA) is 43.1 Å². The van der Waals surface area contributed by atoms with E-state index in [1.807, 2.05) is 12.1 Å². The van der Waals surface area contributed by atoms with Crippen molar-refractivity contribution in [3.05, 3.63) is 111 Å². The van der Waals surface area contributed by atoms with Crippen molar-refractivity contribution in [3.63, 3.8) is 0 Å². The first-order valence-electron chi connectivity index (χ1n) is 11.6. The lowest BCUT2D eigenvalue weighted by Crippen LogP contribution is -2.09. The number of nitro benzene ring substituents is 1. The van der Waals surface area contributed by atoms with Gasteiger partial charge in [0.15, 0.2) is 0 Å². The first kappa shape index (κ1) is 19.2. The number of nitro groups is 1. The van der Waals surface area contributed by atoms with Gasteiger partial charge < -0.3 is 0 Å². The molecule has 0 fully saturated rings. The zero-order valence-electron chi connectivity index (χ0n) is 18.0. The maximum atomic E-state index is 11.2. The molecule has 1 atom stereocenters. The Kier molecular flexibility index (Phi) is 4.57. The average Bonchev–Trinajstić information content (AvgIpc) is 3.14. The minimum Gasteiger partial charge on any atom is -0.258 e. The van der Waals surface area contributed by atoms with Crippen molar-refractivity contribution in [3.8, 4) is 11.1 Å². The van der Waals surface area contributed by atoms with E-state index >= 15 is 0 Å². The summed E-state index contributed by atoms with van der Waals surface area (Å²) in [6.45, 7) is 0. The van der Waals surface area contributed by atoms with Crippen LogP contribution in [-0.4, -0.2) is 4.92 Å². The van der Waals surface area contributed by atoms with Crippen molar-refractivity contribution < 1.29 is 4.92 Å². The molecule has 32 heavy (non-hydrogen) atoms. The molecule has 2 aliphatic carbocycles. The van der Waals surface area contributed by atoms with Crippen molar-refractivity contribution in [2.45, 2.75) is 44.4 Å². The Morgan fingerprint density at radius 1 is 0.719 bits per heavy atom. The Bertz CT molecular complexity index is 1350. The van der Waals surface area contributed by atoms with E-state index in [0.29, 0.717) is 0 Å². The van der Waals surface area contributed by atoms with Crippen LogP contribution < -0.4 is 0 Å². The normalized spacial score (nSPS) is 17.2. The molecular formula is C29H25NO2. The first-order valence-corrected chi connectivity index (χ1v) is 11.6. The van der Waals surface area contributed by atoms with E-state index in [2.05, 4.69) is 48.5 Å². The van der Waals surface area contributed by atoms with Crippen LogP contribution in [0.15, 0.2) is 72.8 Å². The third-order valence-corrected chi connectivity index (χ3v) is 7.35. The predicted molar refractivity (Wildman–Crippen MR) is 129 cm³/mol. The lowest BCUT2D eigenvalue weighted by Gasteiger charge is -2.24. The summed E-state index contributed by atoms with van der Waals surface area (Å²) in [5, 5.41) is 14.0. The van der Waals surface area contributed by atoms with Crippen LogP contribution in [0.4, 0.5) is 5.69 Å². The van der Waals surface area contributed by atoms with Crippen LogP contribution in [0.25, 0.3) is 21.9 Å². The molecule has 4 aromatic carbocycles. The second kappa shape index (κ2) is 7.59. The summed E-state index contributed by atoms with van der Waals surface area (Å²) in [6.07, 6.45) is 7.30. The van der Waals surface area contributed by atoms with Crippen molar-refractivity contribution in [1.29, 1.82) is 0 Å². The largest absolute Gasteiger partial charge is 0.269 e. The highest BCUT2D eigenvalue weighted by atomic mass is 16.6. The summed E-state index contributed by atoms with van der Waals surface area (Å²) < 4.78 is 0. The van der Waals surface area contributed by atoms with E-state index in [4.69, 9.17) is 0 Å². The number of fused-ring (bicyclic) bond motifs is 8. The van der Waals surface area contributed by atoms with E-state index < -0.39 is 0 Å². The molecule has 0 saturated carbocycles. The quantitative estimate of drug-likeness (QED) is 0.219. The van der Waals surface area contributed by atoms with Gasteiger partial charge >= 0.3 is 0 Å². The Morgan fingerprint density at radius 2 is 1.38 bits per heavy atom. The van der Waals surface area contributed by atoms with Crippen molar-refractivity contribution in [2.24, 2.45) is 0 Å². The second-order valence-corrected chi connectivity index (χ2v) is 9.07. The van der Waals surface area contributed by atoms with Gasteiger partial charge in [-0.3, -0.25) is 10.1 Å². The van der Waals surface area contributed by atoms with E-state index in [1.165, 1.54) is 69.8 Å². The SMILES string of the molecule is O=[N+]([O-])c1ccc(C2c3ccccc3-c3c2c2c(c4ccccc34)CCCCCC2)cc1. The molecule has 6 rings (SSSR count). The highest BCUT2D eigenvalue weighted by Crippen LogP contribution is 2.54. The van der Waals surface area contributed by atoms with Crippen molar-refractivity contribution in [2.75, 3.05) is 0 Å². The summed E-state index contributed by atoms with van der Waals surface area (Å²) in [4.78, 5) is 10.9. The maximum absolute atomic E-state index is 11.2. The van der Waals surface area contributed by atoms with Crippen LogP contribution in [0.2, 0.25) is 0 Å². The van der Waals surface area contributed by atoms with Crippen LogP contribution in [-0.2, 0) is 12.8 Å². The maximum Gasteiger partial charge on any atom is 0.269 e. The molecule has 0 amide bonds. The molecule has 3 nitrogen and oxygen atoms in total. The number of rotatable bonds is 2. The molecule has 0 saturated heterocycles. The van der Waals surface area contributed by atoms with Crippen LogP contribution in [0, 0.1) is 10.1 Å². The lowest BCUT2D eigenvalue weighted by molar-refractivity contribution is -0.384. The Labute approximate surface area is 187 Å². The molecule has 0 N–H and O–H groups in total. The Hall–Kier alpha value is -3.46. The number of hydrogen-bond donors (Lipinski definition) is 0. The smallest absolute Gasteiger partial charge is 0.258 e. The van der Waals surface area contributed by atoms with Crippen molar-refractivity contribution >= 4 is 16.5 Å². The van der Waals surface area contributed by atoms with Gasteiger partial charge in [-0.25, -0.2) is 0 Å². The molecule has 0 heterocycles. The average molecular weight is 420 g/mol. The van der Waals surface area contributed by atoms with Gasteiger partial charge in [0, 0.05) is 18.1 Å². The summed E-state index contributed by atoms with van der Waals surface area (Å²) in [5.41, 5.74) is 9.78. The number of benzene rings is 4. The zero-order chi connectivity index (χ0) is 21.7. The number of hydrogen-bond acceptors (Lipinski definition) is 2. The number of aryl methyl sites for hydroxylation is 1. The molecular weight excluding hydrogens is 394 g/mol. The van der Waals surface area contributed by atoms with Crippen LogP contribution >= 0.6 is 0 Å². The molecule has 0 radical (unpaired) electrons. The van der Waals surface area contributed by atoms with Crippen LogP contribution in [0.5, 0.6) is 0 Å². The third kappa shape index (κ3) is 2.88. The van der Waals surface area contributed by atoms with Gasteiger partial charge in [-0.15, -0.1) is 0 Å². The van der Waals surface area contributed by atoms with E-state index in [-0.39, 0.29) is 16.5 Å². The van der Waals surface area contributed by atoms with Gasteiger partial charge in [0.2, 0.25) is 0 Å². The molecule has 0 bridgehead atoms. The Morgan fingerprint density at radius 3 is 2.12 bits per heavy atom. The predicted octanol–water partition coefficient (Wildman–Crippen LogP) is 7.57. The zero-order valence-corrected chi connectivity index (χ0v) is 18.0. The minimum atomic E-state index is -0.316. The Balaban J connectivity index is 1.69. The van der Waals surface area contributed by atoms with E-state index in [0.717, 1.165) is 18.4 Å². The number of nitrogens with zero attached hydrogens (tertiary/aromatic N) is 1. The van der Waals surface area contributed by atoms with E-state index in [9.17, 15) is 10.1 Å². The molecule has 3 heteroatoms.